The Morgan fingerprint density at radius 1 is 0.871 bits per heavy atom. The number of hydrogen-bond donors (Lipinski definition) is 2. The van der Waals surface area contributed by atoms with Crippen LogP contribution in [0.3, 0.4) is 0 Å². The summed E-state index contributed by atoms with van der Waals surface area (Å²) in [5.74, 6) is 0.309. The maximum atomic E-state index is 12.8. The largest absolute Gasteiger partial charge is 0.371 e. The molecule has 1 atom stereocenters. The lowest BCUT2D eigenvalue weighted by molar-refractivity contribution is 0.101. The number of amides is 2. The van der Waals surface area contributed by atoms with Crippen LogP contribution in [0.15, 0.2) is 72.8 Å². The van der Waals surface area contributed by atoms with Gasteiger partial charge in [-0.3, -0.25) is 9.59 Å². The van der Waals surface area contributed by atoms with Crippen LogP contribution in [0.25, 0.3) is 0 Å². The molecule has 5 nitrogen and oxygen atoms in total. The molecular formula is C26H27N3O2. The topological polar surface area (TPSA) is 61.4 Å². The average molecular weight is 414 g/mol. The van der Waals surface area contributed by atoms with E-state index in [-0.39, 0.29) is 11.8 Å². The van der Waals surface area contributed by atoms with Crippen LogP contribution in [-0.4, -0.2) is 24.9 Å². The molecule has 0 bridgehead atoms. The van der Waals surface area contributed by atoms with Crippen LogP contribution in [0.5, 0.6) is 0 Å². The van der Waals surface area contributed by atoms with Gasteiger partial charge >= 0.3 is 0 Å². The number of benzene rings is 3. The summed E-state index contributed by atoms with van der Waals surface area (Å²) in [7, 11) is 0. The number of carbonyl (C=O) groups is 2. The van der Waals surface area contributed by atoms with Gasteiger partial charge in [0.05, 0.1) is 0 Å². The first-order chi connectivity index (χ1) is 15.0. The summed E-state index contributed by atoms with van der Waals surface area (Å²) < 4.78 is 0. The molecule has 3 aromatic rings. The van der Waals surface area contributed by atoms with Crippen LogP contribution in [0.2, 0.25) is 0 Å². The van der Waals surface area contributed by atoms with Crippen molar-refractivity contribution in [3.05, 3.63) is 89.5 Å². The second kappa shape index (κ2) is 9.04. The fourth-order valence-corrected chi connectivity index (χ4v) is 3.81. The fourth-order valence-electron chi connectivity index (χ4n) is 3.81. The molecule has 2 amide bonds. The average Bonchev–Trinajstić information content (AvgIpc) is 3.22. The SMILES string of the molecule is Cc1ccc(C(=O)Nc2ccc(N3CCC(C)C3)cc2)cc1NC(=O)c1ccccc1. The van der Waals surface area contributed by atoms with Gasteiger partial charge in [-0.2, -0.15) is 0 Å². The Bertz CT molecular complexity index is 1080. The van der Waals surface area contributed by atoms with Crippen molar-refractivity contribution in [2.75, 3.05) is 28.6 Å². The standard InChI is InChI=1S/C26H27N3O2/c1-18-14-15-29(17-18)23-12-10-22(11-13-23)27-26(31)21-9-8-19(2)24(16-21)28-25(30)20-6-4-3-5-7-20/h3-13,16,18H,14-15,17H2,1-2H3,(H,27,31)(H,28,30). The van der Waals surface area contributed by atoms with Gasteiger partial charge in [0.15, 0.2) is 0 Å². The van der Waals surface area contributed by atoms with Gasteiger partial charge in [-0.15, -0.1) is 0 Å². The minimum atomic E-state index is -0.210. The number of anilines is 3. The summed E-state index contributed by atoms with van der Waals surface area (Å²) in [5, 5.41) is 5.85. The van der Waals surface area contributed by atoms with Crippen LogP contribution < -0.4 is 15.5 Å². The molecule has 31 heavy (non-hydrogen) atoms. The molecule has 158 valence electrons. The highest BCUT2D eigenvalue weighted by atomic mass is 16.2. The third-order valence-electron chi connectivity index (χ3n) is 5.70. The zero-order chi connectivity index (χ0) is 21.8. The Hall–Kier alpha value is -3.60. The predicted octanol–water partition coefficient (Wildman–Crippen LogP) is 5.35. The normalized spacial score (nSPS) is 15.5. The second-order valence-electron chi connectivity index (χ2n) is 8.19. The van der Waals surface area contributed by atoms with Gasteiger partial charge in [0.1, 0.15) is 0 Å². The number of rotatable bonds is 5. The van der Waals surface area contributed by atoms with Crippen LogP contribution in [-0.2, 0) is 0 Å². The van der Waals surface area contributed by atoms with Gasteiger partial charge in [0.2, 0.25) is 0 Å². The molecule has 0 spiro atoms. The van der Waals surface area contributed by atoms with Crippen molar-refractivity contribution in [3.8, 4) is 0 Å². The molecule has 0 saturated carbocycles. The fraction of sp³-hybridized carbons (Fsp3) is 0.231. The van der Waals surface area contributed by atoms with E-state index in [2.05, 4.69) is 22.5 Å². The van der Waals surface area contributed by atoms with Gasteiger partial charge in [-0.1, -0.05) is 31.2 Å². The van der Waals surface area contributed by atoms with Crippen molar-refractivity contribution < 1.29 is 9.59 Å². The molecule has 1 saturated heterocycles. The summed E-state index contributed by atoms with van der Waals surface area (Å²) in [5.41, 5.74) is 4.51. The Morgan fingerprint density at radius 3 is 2.26 bits per heavy atom. The minimum Gasteiger partial charge on any atom is -0.371 e. The Labute approximate surface area is 183 Å². The first-order valence-corrected chi connectivity index (χ1v) is 10.6. The molecule has 1 aliphatic rings. The van der Waals surface area contributed by atoms with E-state index in [1.807, 2.05) is 55.5 Å². The molecule has 5 heteroatoms. The smallest absolute Gasteiger partial charge is 0.255 e. The molecular weight excluding hydrogens is 386 g/mol. The van der Waals surface area contributed by atoms with Crippen molar-refractivity contribution in [2.24, 2.45) is 5.92 Å². The highest BCUT2D eigenvalue weighted by Crippen LogP contribution is 2.25. The van der Waals surface area contributed by atoms with Crippen LogP contribution in [0.4, 0.5) is 17.1 Å². The summed E-state index contributed by atoms with van der Waals surface area (Å²) in [6, 6.07) is 22.3. The lowest BCUT2D eigenvalue weighted by Crippen LogP contribution is -2.19. The van der Waals surface area contributed by atoms with E-state index < -0.39 is 0 Å². The van der Waals surface area contributed by atoms with Gasteiger partial charge < -0.3 is 15.5 Å². The van der Waals surface area contributed by atoms with E-state index in [1.165, 1.54) is 12.1 Å². The quantitative estimate of drug-likeness (QED) is 0.593. The third kappa shape index (κ3) is 4.94. The lowest BCUT2D eigenvalue weighted by Gasteiger charge is -2.18. The van der Waals surface area contributed by atoms with Gasteiger partial charge in [-0.05, 0) is 73.4 Å². The first kappa shape index (κ1) is 20.7. The summed E-state index contributed by atoms with van der Waals surface area (Å²) in [6.45, 7) is 6.33. The van der Waals surface area contributed by atoms with E-state index in [1.54, 1.807) is 24.3 Å². The Balaban J connectivity index is 1.44. The summed E-state index contributed by atoms with van der Waals surface area (Å²) >= 11 is 0. The van der Waals surface area contributed by atoms with Crippen molar-refractivity contribution in [3.63, 3.8) is 0 Å². The predicted molar refractivity (Wildman–Crippen MR) is 126 cm³/mol. The molecule has 0 aromatic heterocycles. The Morgan fingerprint density at radius 2 is 1.58 bits per heavy atom. The van der Waals surface area contributed by atoms with E-state index in [0.29, 0.717) is 16.8 Å². The monoisotopic (exact) mass is 413 g/mol. The highest BCUT2D eigenvalue weighted by molar-refractivity contribution is 6.07. The van der Waals surface area contributed by atoms with Gasteiger partial charge in [-0.25, -0.2) is 0 Å². The van der Waals surface area contributed by atoms with Crippen LogP contribution in [0, 0.1) is 12.8 Å². The third-order valence-corrected chi connectivity index (χ3v) is 5.70. The van der Waals surface area contributed by atoms with Crippen LogP contribution >= 0.6 is 0 Å². The zero-order valence-corrected chi connectivity index (χ0v) is 17.9. The molecule has 4 rings (SSSR count). The lowest BCUT2D eigenvalue weighted by atomic mass is 10.1. The molecule has 0 aliphatic carbocycles. The van der Waals surface area contributed by atoms with Crippen LogP contribution in [0.1, 0.15) is 39.6 Å². The van der Waals surface area contributed by atoms with Crippen molar-refractivity contribution in [1.82, 2.24) is 0 Å². The molecule has 1 fully saturated rings. The number of aryl methyl sites for hydroxylation is 1. The molecule has 3 aromatic carbocycles. The summed E-state index contributed by atoms with van der Waals surface area (Å²) in [6.07, 6.45) is 1.22. The van der Waals surface area contributed by atoms with E-state index >= 15 is 0 Å². The number of hydrogen-bond acceptors (Lipinski definition) is 3. The molecule has 1 unspecified atom stereocenters. The Kier molecular flexibility index (Phi) is 6.03. The van der Waals surface area contributed by atoms with Crippen molar-refractivity contribution in [2.45, 2.75) is 20.3 Å². The number of nitrogens with zero attached hydrogens (tertiary/aromatic N) is 1. The molecule has 2 N–H and O–H groups in total. The molecule has 0 radical (unpaired) electrons. The number of nitrogens with one attached hydrogen (secondary N) is 2. The second-order valence-corrected chi connectivity index (χ2v) is 8.19. The van der Waals surface area contributed by atoms with Gasteiger partial charge in [0, 0.05) is 41.3 Å². The van der Waals surface area contributed by atoms with E-state index in [9.17, 15) is 9.59 Å². The maximum Gasteiger partial charge on any atom is 0.255 e. The van der Waals surface area contributed by atoms with Crippen molar-refractivity contribution in [1.29, 1.82) is 0 Å². The zero-order valence-electron chi connectivity index (χ0n) is 17.9. The van der Waals surface area contributed by atoms with Crippen molar-refractivity contribution >= 4 is 28.9 Å². The minimum absolute atomic E-state index is 0.201. The molecule has 1 heterocycles. The maximum absolute atomic E-state index is 12.8. The van der Waals surface area contributed by atoms with E-state index in [4.69, 9.17) is 0 Å². The first-order valence-electron chi connectivity index (χ1n) is 10.6. The highest BCUT2D eigenvalue weighted by Gasteiger charge is 2.19. The summed E-state index contributed by atoms with van der Waals surface area (Å²) in [4.78, 5) is 27.6. The number of carbonyl (C=O) groups excluding carboxylic acids is 2. The van der Waals surface area contributed by atoms with Gasteiger partial charge in [0.25, 0.3) is 11.8 Å². The van der Waals surface area contributed by atoms with E-state index in [0.717, 1.165) is 30.3 Å². The molecule has 1 aliphatic heterocycles.